The Morgan fingerprint density at radius 1 is 1.10 bits per heavy atom. The van der Waals surface area contributed by atoms with Crippen LogP contribution in [0, 0.1) is 5.92 Å². The van der Waals surface area contributed by atoms with Crippen LogP contribution in [0.5, 0.6) is 0 Å². The minimum absolute atomic E-state index is 0.136. The first kappa shape index (κ1) is 32.6. The number of imidazole rings is 1. The summed E-state index contributed by atoms with van der Waals surface area (Å²) < 4.78 is 11.9. The fourth-order valence-corrected chi connectivity index (χ4v) is 4.34. The summed E-state index contributed by atoms with van der Waals surface area (Å²) in [5.41, 5.74) is -1.45. The lowest BCUT2D eigenvalue weighted by molar-refractivity contribution is -0.147. The molecule has 3 atom stereocenters. The Bertz CT molecular complexity index is 1090. The molecule has 0 spiro atoms. The van der Waals surface area contributed by atoms with Crippen molar-refractivity contribution in [3.8, 4) is 0 Å². The van der Waals surface area contributed by atoms with Crippen molar-refractivity contribution in [2.45, 2.75) is 97.0 Å². The summed E-state index contributed by atoms with van der Waals surface area (Å²) >= 11 is 0. The van der Waals surface area contributed by atoms with Crippen molar-refractivity contribution < 1.29 is 33.4 Å². The maximum absolute atomic E-state index is 13.7. The number of amides is 4. The minimum Gasteiger partial charge on any atom is -0.467 e. The van der Waals surface area contributed by atoms with Crippen molar-refractivity contribution in [1.29, 1.82) is 0 Å². The van der Waals surface area contributed by atoms with Gasteiger partial charge >= 0.3 is 12.1 Å². The van der Waals surface area contributed by atoms with Crippen LogP contribution in [0.4, 0.5) is 4.79 Å². The van der Waals surface area contributed by atoms with Gasteiger partial charge in [-0.1, -0.05) is 13.8 Å². The second-order valence-electron chi connectivity index (χ2n) is 11.9. The van der Waals surface area contributed by atoms with E-state index in [0.29, 0.717) is 25.1 Å². The van der Waals surface area contributed by atoms with Gasteiger partial charge in [0.1, 0.15) is 29.3 Å². The third-order valence-electron chi connectivity index (χ3n) is 6.57. The molecular formula is C27H44N6O7. The van der Waals surface area contributed by atoms with Crippen molar-refractivity contribution in [2.75, 3.05) is 13.7 Å². The topological polar surface area (TPSA) is 161 Å². The summed E-state index contributed by atoms with van der Waals surface area (Å²) in [5, 5.41) is 8.03. The molecule has 3 N–H and O–H groups in total. The van der Waals surface area contributed by atoms with Crippen LogP contribution in [0.3, 0.4) is 0 Å². The molecule has 1 fully saturated rings. The molecule has 224 valence electrons. The fourth-order valence-electron chi connectivity index (χ4n) is 4.34. The zero-order valence-corrected chi connectivity index (χ0v) is 25.0. The van der Waals surface area contributed by atoms with Crippen molar-refractivity contribution >= 4 is 29.8 Å². The highest BCUT2D eigenvalue weighted by atomic mass is 16.6. The van der Waals surface area contributed by atoms with Gasteiger partial charge in [-0.25, -0.2) is 14.6 Å². The van der Waals surface area contributed by atoms with Gasteiger partial charge in [-0.15, -0.1) is 0 Å². The number of aromatic nitrogens is 2. The second kappa shape index (κ2) is 13.1. The summed E-state index contributed by atoms with van der Waals surface area (Å²) in [7, 11) is 3.02. The number of alkyl carbamates (subject to hydrolysis) is 1. The lowest BCUT2D eigenvalue weighted by Gasteiger charge is -2.33. The van der Waals surface area contributed by atoms with Crippen LogP contribution in [-0.2, 0) is 42.1 Å². The van der Waals surface area contributed by atoms with Crippen LogP contribution < -0.4 is 16.0 Å². The number of esters is 1. The molecule has 2 rings (SSSR count). The lowest BCUT2D eigenvalue weighted by atomic mass is 9.99. The van der Waals surface area contributed by atoms with Crippen molar-refractivity contribution in [2.24, 2.45) is 13.0 Å². The summed E-state index contributed by atoms with van der Waals surface area (Å²) in [6, 6.07) is -2.75. The van der Waals surface area contributed by atoms with E-state index in [4.69, 9.17) is 9.47 Å². The number of hydrogen-bond donors (Lipinski definition) is 3. The second-order valence-corrected chi connectivity index (χ2v) is 11.9. The van der Waals surface area contributed by atoms with Gasteiger partial charge in [-0.3, -0.25) is 14.4 Å². The maximum Gasteiger partial charge on any atom is 0.408 e. The number of methoxy groups -OCH3 is 1. The molecule has 4 amide bonds. The number of carbonyl (C=O) groups excluding carboxylic acids is 5. The van der Waals surface area contributed by atoms with E-state index in [-0.39, 0.29) is 12.3 Å². The van der Waals surface area contributed by atoms with Gasteiger partial charge in [-0.05, 0) is 53.4 Å². The molecule has 2 heterocycles. The van der Waals surface area contributed by atoms with Crippen molar-refractivity contribution in [1.82, 2.24) is 30.4 Å². The predicted molar refractivity (Wildman–Crippen MR) is 146 cm³/mol. The number of nitrogens with zero attached hydrogens (tertiary/aromatic N) is 3. The normalized spacial score (nSPS) is 17.1. The van der Waals surface area contributed by atoms with Gasteiger partial charge in [0, 0.05) is 31.9 Å². The van der Waals surface area contributed by atoms with Gasteiger partial charge < -0.3 is 34.9 Å². The van der Waals surface area contributed by atoms with E-state index in [1.807, 2.05) is 0 Å². The molecule has 1 aromatic heterocycles. The zero-order valence-electron chi connectivity index (χ0n) is 25.0. The highest BCUT2D eigenvalue weighted by Gasteiger charge is 2.41. The Labute approximate surface area is 235 Å². The number of ether oxygens (including phenoxy) is 2. The Morgan fingerprint density at radius 3 is 2.27 bits per heavy atom. The largest absolute Gasteiger partial charge is 0.467 e. The molecule has 1 aliphatic heterocycles. The smallest absolute Gasteiger partial charge is 0.408 e. The molecule has 0 radical (unpaired) electrons. The van der Waals surface area contributed by atoms with Gasteiger partial charge in [0.25, 0.3) is 0 Å². The Morgan fingerprint density at radius 2 is 1.75 bits per heavy atom. The summed E-state index contributed by atoms with van der Waals surface area (Å²) in [6.07, 6.45) is 3.53. The summed E-state index contributed by atoms with van der Waals surface area (Å²) in [5.74, 6) is -2.35. The third-order valence-corrected chi connectivity index (χ3v) is 6.57. The predicted octanol–water partition coefficient (Wildman–Crippen LogP) is 1.06. The van der Waals surface area contributed by atoms with E-state index in [9.17, 15) is 24.0 Å². The molecule has 40 heavy (non-hydrogen) atoms. The average Bonchev–Trinajstić information content (AvgIpc) is 3.48. The van der Waals surface area contributed by atoms with Crippen LogP contribution in [0.15, 0.2) is 12.5 Å². The minimum atomic E-state index is -1.39. The Kier molecular flexibility index (Phi) is 10.7. The Hall–Kier alpha value is -3.64. The summed E-state index contributed by atoms with van der Waals surface area (Å²) in [4.78, 5) is 70.4. The number of likely N-dealkylation sites (tertiary alicyclic amines) is 1. The first-order valence-electron chi connectivity index (χ1n) is 13.4. The average molecular weight is 565 g/mol. The molecule has 0 bridgehead atoms. The first-order chi connectivity index (χ1) is 18.5. The standard InChI is InChI=1S/C27H44N6O7/c1-16(2)20(23(36)39-9)30-24(37)27(6,7)31-21(34)19-11-10-12-33(19)22(35)18(13-17-14-28-15-32(17)8)29-25(38)40-26(3,4)5/h14-16,18-20H,10-13H2,1-9H3,(H,29,38)(H,30,37)(H,31,34)/t18-,19-,20-/m0/s1. The monoisotopic (exact) mass is 564 g/mol. The molecular weight excluding hydrogens is 520 g/mol. The van der Waals surface area contributed by atoms with Crippen molar-refractivity contribution in [3.05, 3.63) is 18.2 Å². The van der Waals surface area contributed by atoms with Gasteiger partial charge in [-0.2, -0.15) is 0 Å². The molecule has 1 aliphatic rings. The maximum atomic E-state index is 13.7. The highest BCUT2D eigenvalue weighted by Crippen LogP contribution is 2.21. The fraction of sp³-hybridized carbons (Fsp3) is 0.704. The SMILES string of the molecule is COC(=O)[C@@H](NC(=O)C(C)(C)NC(=O)[C@@H]1CCCN1C(=O)[C@H](Cc1cncn1C)NC(=O)OC(C)(C)C)C(C)C. The quantitative estimate of drug-likeness (QED) is 0.356. The van der Waals surface area contributed by atoms with E-state index >= 15 is 0 Å². The molecule has 13 heteroatoms. The number of carbonyl (C=O) groups is 5. The van der Waals surface area contributed by atoms with Gasteiger partial charge in [0.15, 0.2) is 0 Å². The molecule has 0 saturated carbocycles. The molecule has 1 saturated heterocycles. The first-order valence-corrected chi connectivity index (χ1v) is 13.4. The molecule has 0 aromatic carbocycles. The number of rotatable bonds is 10. The van der Waals surface area contributed by atoms with E-state index < -0.39 is 59.0 Å². The van der Waals surface area contributed by atoms with E-state index in [2.05, 4.69) is 20.9 Å². The number of nitrogens with one attached hydrogen (secondary N) is 3. The van der Waals surface area contributed by atoms with E-state index in [1.165, 1.54) is 25.9 Å². The van der Waals surface area contributed by atoms with Crippen LogP contribution in [0.25, 0.3) is 0 Å². The number of aryl methyl sites for hydroxylation is 1. The molecule has 1 aromatic rings. The van der Waals surface area contributed by atoms with Crippen LogP contribution in [-0.4, -0.2) is 87.2 Å². The number of hydrogen-bond acceptors (Lipinski definition) is 8. The third kappa shape index (κ3) is 8.68. The van der Waals surface area contributed by atoms with Gasteiger partial charge in [0.05, 0.1) is 13.4 Å². The van der Waals surface area contributed by atoms with Gasteiger partial charge in [0.2, 0.25) is 17.7 Å². The van der Waals surface area contributed by atoms with Crippen molar-refractivity contribution in [3.63, 3.8) is 0 Å². The molecule has 0 unspecified atom stereocenters. The van der Waals surface area contributed by atoms with Crippen LogP contribution >= 0.6 is 0 Å². The lowest BCUT2D eigenvalue weighted by Crippen LogP contribution is -2.62. The van der Waals surface area contributed by atoms with E-state index in [0.717, 1.165) is 0 Å². The van der Waals surface area contributed by atoms with Crippen LogP contribution in [0.2, 0.25) is 0 Å². The Balaban J connectivity index is 2.20. The molecule has 13 nitrogen and oxygen atoms in total. The highest BCUT2D eigenvalue weighted by molar-refractivity contribution is 5.96. The van der Waals surface area contributed by atoms with Crippen LogP contribution in [0.1, 0.15) is 67.0 Å². The van der Waals surface area contributed by atoms with E-state index in [1.54, 1.807) is 58.8 Å². The summed E-state index contributed by atoms with van der Waals surface area (Å²) in [6.45, 7) is 12.0. The molecule has 0 aliphatic carbocycles. The zero-order chi connectivity index (χ0) is 30.4.